The molecular weight excluding hydrogens is 218 g/mol. The second-order valence-electron chi connectivity index (χ2n) is 4.89. The third-order valence-electron chi connectivity index (χ3n) is 3.60. The first-order valence-corrected chi connectivity index (χ1v) is 6.40. The molecule has 1 aliphatic heterocycles. The summed E-state index contributed by atoms with van der Waals surface area (Å²) in [6, 6.07) is 0.415. The molecule has 0 aromatic heterocycles. The third kappa shape index (κ3) is 4.16. The zero-order valence-corrected chi connectivity index (χ0v) is 11.2. The van der Waals surface area contributed by atoms with Gasteiger partial charge in [-0.05, 0) is 32.9 Å². The van der Waals surface area contributed by atoms with E-state index in [9.17, 15) is 4.79 Å². The number of nitrogens with zero attached hydrogens (tertiary/aromatic N) is 1. The molecule has 0 aliphatic carbocycles. The Kier molecular flexibility index (Phi) is 5.21. The van der Waals surface area contributed by atoms with Crippen molar-refractivity contribution in [3.05, 3.63) is 0 Å². The predicted octanol–water partition coefficient (Wildman–Crippen LogP) is 1.28. The molecule has 17 heavy (non-hydrogen) atoms. The molecule has 0 aromatic rings. The van der Waals surface area contributed by atoms with E-state index in [1.54, 1.807) is 7.05 Å². The molecule has 1 aliphatic rings. The minimum absolute atomic E-state index is 0.415. The van der Waals surface area contributed by atoms with Gasteiger partial charge in [0.2, 0.25) is 0 Å². The zero-order valence-electron chi connectivity index (χ0n) is 11.2. The van der Waals surface area contributed by atoms with Gasteiger partial charge >= 0.3 is 6.09 Å². The largest absolute Gasteiger partial charge is 0.428 e. The number of amides is 1. The summed E-state index contributed by atoms with van der Waals surface area (Å²) < 4.78 is 5.29. The fraction of sp³-hybridized carbons (Fsp3) is 0.917. The fourth-order valence-corrected chi connectivity index (χ4v) is 2.29. The van der Waals surface area contributed by atoms with Crippen LogP contribution in [0, 0.1) is 0 Å². The van der Waals surface area contributed by atoms with E-state index < -0.39 is 11.8 Å². The molecule has 1 fully saturated rings. The number of ether oxygens (including phenoxy) is 1. The fourth-order valence-electron chi connectivity index (χ4n) is 2.29. The molecule has 1 rings (SSSR count). The molecule has 0 bridgehead atoms. The second-order valence-corrected chi connectivity index (χ2v) is 4.89. The van der Waals surface area contributed by atoms with Crippen molar-refractivity contribution in [2.24, 2.45) is 5.73 Å². The van der Waals surface area contributed by atoms with Crippen LogP contribution in [0.15, 0.2) is 0 Å². The number of carbonyl (C=O) groups excluding carboxylic acids is 1. The SMILES string of the molecule is CCC(N)(CC1CCCCN1C)OC(=O)NC. The summed E-state index contributed by atoms with van der Waals surface area (Å²) in [6.07, 6.45) is 4.49. The standard InChI is InChI=1S/C12H25N3O2/c1-4-12(13,17-11(16)14-2)9-10-7-5-6-8-15(10)3/h10H,4-9,13H2,1-3H3,(H,14,16). The average Bonchev–Trinajstić information content (AvgIpc) is 2.32. The van der Waals surface area contributed by atoms with E-state index in [4.69, 9.17) is 10.5 Å². The molecular formula is C12H25N3O2. The van der Waals surface area contributed by atoms with Crippen molar-refractivity contribution in [3.63, 3.8) is 0 Å². The van der Waals surface area contributed by atoms with E-state index >= 15 is 0 Å². The highest BCUT2D eigenvalue weighted by Gasteiger charge is 2.33. The van der Waals surface area contributed by atoms with Gasteiger partial charge in [0.15, 0.2) is 5.72 Å². The number of piperidine rings is 1. The van der Waals surface area contributed by atoms with Gasteiger partial charge in [-0.1, -0.05) is 13.3 Å². The van der Waals surface area contributed by atoms with Crippen LogP contribution in [0.1, 0.15) is 39.0 Å². The number of nitrogens with one attached hydrogen (secondary N) is 1. The second kappa shape index (κ2) is 6.21. The van der Waals surface area contributed by atoms with Crippen molar-refractivity contribution < 1.29 is 9.53 Å². The lowest BCUT2D eigenvalue weighted by molar-refractivity contribution is -0.0167. The van der Waals surface area contributed by atoms with Crippen molar-refractivity contribution in [2.75, 3.05) is 20.6 Å². The highest BCUT2D eigenvalue weighted by atomic mass is 16.6. The lowest BCUT2D eigenvalue weighted by Gasteiger charge is -2.38. The van der Waals surface area contributed by atoms with E-state index in [2.05, 4.69) is 17.3 Å². The van der Waals surface area contributed by atoms with Gasteiger partial charge in [-0.3, -0.25) is 5.73 Å². The molecule has 3 N–H and O–H groups in total. The first kappa shape index (κ1) is 14.3. The van der Waals surface area contributed by atoms with E-state index in [0.29, 0.717) is 18.9 Å². The highest BCUT2D eigenvalue weighted by Crippen LogP contribution is 2.25. The lowest BCUT2D eigenvalue weighted by Crippen LogP contribution is -2.51. The van der Waals surface area contributed by atoms with Crippen molar-refractivity contribution in [3.8, 4) is 0 Å². The molecule has 1 heterocycles. The Morgan fingerprint density at radius 3 is 2.82 bits per heavy atom. The molecule has 2 unspecified atom stereocenters. The Morgan fingerprint density at radius 1 is 1.59 bits per heavy atom. The monoisotopic (exact) mass is 243 g/mol. The van der Waals surface area contributed by atoms with E-state index in [1.807, 2.05) is 6.92 Å². The summed E-state index contributed by atoms with van der Waals surface area (Å²) in [5, 5.41) is 2.45. The topological polar surface area (TPSA) is 67.6 Å². The first-order chi connectivity index (χ1) is 8.00. The van der Waals surface area contributed by atoms with Gasteiger partial charge < -0.3 is 15.0 Å². The zero-order chi connectivity index (χ0) is 12.9. The van der Waals surface area contributed by atoms with Crippen LogP contribution in [0.2, 0.25) is 0 Å². The lowest BCUT2D eigenvalue weighted by atomic mass is 9.93. The smallest absolute Gasteiger partial charge is 0.408 e. The van der Waals surface area contributed by atoms with Crippen LogP contribution < -0.4 is 11.1 Å². The summed E-state index contributed by atoms with van der Waals surface area (Å²) in [5.74, 6) is 0. The van der Waals surface area contributed by atoms with Crippen molar-refractivity contribution in [2.45, 2.75) is 50.8 Å². The third-order valence-corrected chi connectivity index (χ3v) is 3.60. The molecule has 5 nitrogen and oxygen atoms in total. The minimum atomic E-state index is -0.851. The maximum atomic E-state index is 11.3. The summed E-state index contributed by atoms with van der Waals surface area (Å²) in [5.41, 5.74) is 5.31. The van der Waals surface area contributed by atoms with Crippen LogP contribution in [0.4, 0.5) is 4.79 Å². The number of alkyl carbamates (subject to hydrolysis) is 1. The Labute approximate surface area is 104 Å². The van der Waals surface area contributed by atoms with Crippen LogP contribution in [0.5, 0.6) is 0 Å². The van der Waals surface area contributed by atoms with Crippen molar-refractivity contribution in [1.29, 1.82) is 0 Å². The van der Waals surface area contributed by atoms with Gasteiger partial charge in [0, 0.05) is 19.5 Å². The molecule has 1 saturated heterocycles. The van der Waals surface area contributed by atoms with Crippen LogP contribution in [0.3, 0.4) is 0 Å². The van der Waals surface area contributed by atoms with Crippen LogP contribution in [-0.2, 0) is 4.74 Å². The van der Waals surface area contributed by atoms with Gasteiger partial charge in [-0.2, -0.15) is 0 Å². The average molecular weight is 243 g/mol. The van der Waals surface area contributed by atoms with Gasteiger partial charge in [0.1, 0.15) is 0 Å². The van der Waals surface area contributed by atoms with Gasteiger partial charge in [-0.15, -0.1) is 0 Å². The normalized spacial score (nSPS) is 25.1. The van der Waals surface area contributed by atoms with Crippen LogP contribution >= 0.6 is 0 Å². The van der Waals surface area contributed by atoms with Crippen LogP contribution in [-0.4, -0.2) is 43.4 Å². The Balaban J connectivity index is 2.57. The summed E-state index contributed by atoms with van der Waals surface area (Å²) >= 11 is 0. The molecule has 0 aromatic carbocycles. The summed E-state index contributed by atoms with van der Waals surface area (Å²) in [6.45, 7) is 3.05. The van der Waals surface area contributed by atoms with E-state index in [0.717, 1.165) is 13.0 Å². The molecule has 100 valence electrons. The molecule has 1 amide bonds. The Morgan fingerprint density at radius 2 is 2.29 bits per heavy atom. The number of carbonyl (C=O) groups is 1. The maximum Gasteiger partial charge on any atom is 0.408 e. The number of hydrogen-bond acceptors (Lipinski definition) is 4. The highest BCUT2D eigenvalue weighted by molar-refractivity contribution is 5.67. The van der Waals surface area contributed by atoms with E-state index in [1.165, 1.54) is 12.8 Å². The predicted molar refractivity (Wildman–Crippen MR) is 67.6 cm³/mol. The quantitative estimate of drug-likeness (QED) is 0.730. The minimum Gasteiger partial charge on any atom is -0.428 e. The van der Waals surface area contributed by atoms with Crippen molar-refractivity contribution >= 4 is 6.09 Å². The first-order valence-electron chi connectivity index (χ1n) is 6.40. The Bertz CT molecular complexity index is 260. The van der Waals surface area contributed by atoms with Gasteiger partial charge in [0.05, 0.1) is 0 Å². The number of likely N-dealkylation sites (tertiary alicyclic amines) is 1. The van der Waals surface area contributed by atoms with Gasteiger partial charge in [0.25, 0.3) is 0 Å². The number of rotatable bonds is 4. The van der Waals surface area contributed by atoms with E-state index in [-0.39, 0.29) is 0 Å². The van der Waals surface area contributed by atoms with Crippen LogP contribution in [0.25, 0.3) is 0 Å². The summed E-state index contributed by atoms with van der Waals surface area (Å²) in [4.78, 5) is 13.6. The molecule has 0 radical (unpaired) electrons. The molecule has 2 atom stereocenters. The number of nitrogens with two attached hydrogens (primary N) is 1. The molecule has 0 spiro atoms. The Hall–Kier alpha value is -0.810. The summed E-state index contributed by atoms with van der Waals surface area (Å²) in [7, 11) is 3.66. The number of hydrogen-bond donors (Lipinski definition) is 2. The van der Waals surface area contributed by atoms with Crippen molar-refractivity contribution in [1.82, 2.24) is 10.2 Å². The van der Waals surface area contributed by atoms with Gasteiger partial charge in [-0.25, -0.2) is 4.79 Å². The molecule has 5 heteroatoms. The molecule has 0 saturated carbocycles. The maximum absolute atomic E-state index is 11.3.